The smallest absolute Gasteiger partial charge is 0.265 e. The Kier molecular flexibility index (Phi) is 4.35. The van der Waals surface area contributed by atoms with Crippen LogP contribution in [0.15, 0.2) is 66.7 Å². The lowest BCUT2D eigenvalue weighted by atomic mass is 10.1. The second-order valence-electron chi connectivity index (χ2n) is 6.59. The van der Waals surface area contributed by atoms with Crippen molar-refractivity contribution in [2.24, 2.45) is 0 Å². The van der Waals surface area contributed by atoms with Crippen molar-refractivity contribution in [1.29, 1.82) is 5.26 Å². The number of nitrogens with one attached hydrogen (secondary N) is 1. The monoisotopic (exact) mass is 354 g/mol. The molecule has 0 bridgehead atoms. The van der Waals surface area contributed by atoms with E-state index in [9.17, 15) is 4.79 Å². The van der Waals surface area contributed by atoms with Crippen molar-refractivity contribution < 1.29 is 9.53 Å². The first kappa shape index (κ1) is 16.9. The number of hydrogen-bond donors (Lipinski definition) is 1. The maximum absolute atomic E-state index is 12.5. The van der Waals surface area contributed by atoms with Crippen LogP contribution in [0.1, 0.15) is 23.6 Å². The minimum atomic E-state index is -0.654. The van der Waals surface area contributed by atoms with Gasteiger partial charge >= 0.3 is 0 Å². The molecule has 1 aliphatic rings. The number of nitriles is 1. The van der Waals surface area contributed by atoms with Crippen LogP contribution < -0.4 is 10.1 Å². The van der Waals surface area contributed by atoms with Crippen molar-refractivity contribution in [2.45, 2.75) is 19.4 Å². The molecule has 0 radical (unpaired) electrons. The lowest BCUT2D eigenvalue weighted by Gasteiger charge is -2.15. The average Bonchev–Trinajstić information content (AvgIpc) is 3.06. The molecule has 27 heavy (non-hydrogen) atoms. The highest BCUT2D eigenvalue weighted by Crippen LogP contribution is 2.37. The van der Waals surface area contributed by atoms with Gasteiger partial charge in [-0.3, -0.25) is 4.79 Å². The second-order valence-corrected chi connectivity index (χ2v) is 6.59. The number of nitrogens with zero attached hydrogens (tertiary/aromatic N) is 1. The predicted octanol–water partition coefficient (Wildman–Crippen LogP) is 4.54. The Labute approximate surface area is 158 Å². The number of fused-ring (bicyclic) bond motifs is 3. The summed E-state index contributed by atoms with van der Waals surface area (Å²) in [5, 5.41) is 11.8. The molecule has 132 valence electrons. The van der Waals surface area contributed by atoms with E-state index in [1.54, 1.807) is 31.2 Å². The number of carbonyl (C=O) groups excluding carboxylic acids is 1. The van der Waals surface area contributed by atoms with E-state index in [0.717, 1.165) is 12.1 Å². The van der Waals surface area contributed by atoms with E-state index in [1.165, 1.54) is 22.3 Å². The lowest BCUT2D eigenvalue weighted by Crippen LogP contribution is -2.30. The van der Waals surface area contributed by atoms with Gasteiger partial charge in [0, 0.05) is 5.69 Å². The maximum atomic E-state index is 12.5. The normalized spacial score (nSPS) is 12.4. The zero-order chi connectivity index (χ0) is 18.8. The summed E-state index contributed by atoms with van der Waals surface area (Å²) in [4.78, 5) is 12.5. The van der Waals surface area contributed by atoms with Gasteiger partial charge in [0.25, 0.3) is 5.91 Å². The molecule has 0 saturated carbocycles. The average molecular weight is 354 g/mol. The summed E-state index contributed by atoms with van der Waals surface area (Å²) in [5.41, 5.74) is 6.29. The fourth-order valence-corrected chi connectivity index (χ4v) is 3.31. The summed E-state index contributed by atoms with van der Waals surface area (Å²) in [7, 11) is 0. The molecule has 0 aliphatic heterocycles. The molecule has 0 aromatic heterocycles. The van der Waals surface area contributed by atoms with Crippen LogP contribution in [-0.2, 0) is 11.2 Å². The summed E-state index contributed by atoms with van der Waals surface area (Å²) in [6.07, 6.45) is 0.274. The fraction of sp³-hybridized carbons (Fsp3) is 0.130. The Morgan fingerprint density at radius 3 is 2.56 bits per heavy atom. The second kappa shape index (κ2) is 6.97. The molecule has 1 aliphatic carbocycles. The topological polar surface area (TPSA) is 62.1 Å². The van der Waals surface area contributed by atoms with Crippen molar-refractivity contribution in [3.8, 4) is 22.9 Å². The summed E-state index contributed by atoms with van der Waals surface area (Å²) in [5.74, 6) is 0.338. The molecule has 0 spiro atoms. The Bertz CT molecular complexity index is 1050. The molecular weight excluding hydrogens is 336 g/mol. The minimum Gasteiger partial charge on any atom is -0.481 e. The van der Waals surface area contributed by atoms with Crippen molar-refractivity contribution in [1.82, 2.24) is 0 Å². The number of ether oxygens (including phenoxy) is 1. The number of amides is 1. The highest BCUT2D eigenvalue weighted by molar-refractivity contribution is 5.95. The Morgan fingerprint density at radius 1 is 1.04 bits per heavy atom. The molecule has 3 aromatic carbocycles. The van der Waals surface area contributed by atoms with Gasteiger partial charge in [0.15, 0.2) is 6.10 Å². The van der Waals surface area contributed by atoms with Gasteiger partial charge in [-0.15, -0.1) is 0 Å². The number of anilines is 1. The molecule has 1 atom stereocenters. The van der Waals surface area contributed by atoms with E-state index in [4.69, 9.17) is 10.00 Å². The fourth-order valence-electron chi connectivity index (χ4n) is 3.31. The summed E-state index contributed by atoms with van der Waals surface area (Å²) >= 11 is 0. The first-order valence-electron chi connectivity index (χ1n) is 8.83. The van der Waals surface area contributed by atoms with Crippen molar-refractivity contribution in [2.75, 3.05) is 5.32 Å². The molecule has 0 heterocycles. The van der Waals surface area contributed by atoms with E-state index >= 15 is 0 Å². The van der Waals surface area contributed by atoms with Gasteiger partial charge in [0.05, 0.1) is 11.6 Å². The Morgan fingerprint density at radius 2 is 1.78 bits per heavy atom. The Hall–Kier alpha value is -3.58. The zero-order valence-corrected chi connectivity index (χ0v) is 14.9. The molecule has 0 fully saturated rings. The molecule has 3 aromatic rings. The van der Waals surface area contributed by atoms with Crippen LogP contribution in [0.2, 0.25) is 0 Å². The lowest BCUT2D eigenvalue weighted by molar-refractivity contribution is -0.122. The third-order valence-electron chi connectivity index (χ3n) is 4.73. The highest BCUT2D eigenvalue weighted by atomic mass is 16.5. The van der Waals surface area contributed by atoms with Gasteiger partial charge in [-0.2, -0.15) is 5.26 Å². The van der Waals surface area contributed by atoms with Gasteiger partial charge in [-0.1, -0.05) is 30.3 Å². The number of hydrogen-bond acceptors (Lipinski definition) is 3. The van der Waals surface area contributed by atoms with E-state index in [2.05, 4.69) is 35.7 Å². The number of benzene rings is 3. The number of rotatable bonds is 4. The molecule has 1 amide bonds. The molecule has 4 heteroatoms. The first-order chi connectivity index (χ1) is 13.1. The quantitative estimate of drug-likeness (QED) is 0.585. The highest BCUT2D eigenvalue weighted by Gasteiger charge is 2.20. The van der Waals surface area contributed by atoms with Crippen molar-refractivity contribution in [3.63, 3.8) is 0 Å². The van der Waals surface area contributed by atoms with Crippen LogP contribution in [-0.4, -0.2) is 12.0 Å². The Balaban J connectivity index is 1.46. The van der Waals surface area contributed by atoms with Gasteiger partial charge in [-0.05, 0) is 72.0 Å². The van der Waals surface area contributed by atoms with Crippen LogP contribution >= 0.6 is 0 Å². The molecule has 0 unspecified atom stereocenters. The first-order valence-corrected chi connectivity index (χ1v) is 8.83. The number of carbonyl (C=O) groups is 1. The van der Waals surface area contributed by atoms with Gasteiger partial charge in [-0.25, -0.2) is 0 Å². The molecular formula is C23H18N2O2. The van der Waals surface area contributed by atoms with Crippen molar-refractivity contribution in [3.05, 3.63) is 83.4 Å². The van der Waals surface area contributed by atoms with Crippen molar-refractivity contribution >= 4 is 11.6 Å². The molecule has 4 rings (SSSR count). The maximum Gasteiger partial charge on any atom is 0.265 e. The molecule has 1 N–H and O–H groups in total. The SMILES string of the molecule is C[C@H](Oc1ccc(C#N)cc1)C(=O)Nc1ccc2c(c1)-c1ccccc1C2. The largest absolute Gasteiger partial charge is 0.481 e. The third-order valence-corrected chi connectivity index (χ3v) is 4.73. The van der Waals surface area contributed by atoms with Crippen LogP contribution in [0.25, 0.3) is 11.1 Å². The van der Waals surface area contributed by atoms with Crippen LogP contribution in [0.5, 0.6) is 5.75 Å². The third kappa shape index (κ3) is 3.40. The minimum absolute atomic E-state index is 0.217. The summed E-state index contributed by atoms with van der Waals surface area (Å²) in [6, 6.07) is 23.1. The van der Waals surface area contributed by atoms with Gasteiger partial charge in [0.2, 0.25) is 0 Å². The summed E-state index contributed by atoms with van der Waals surface area (Å²) < 4.78 is 5.68. The standard InChI is InChI=1S/C23H18N2O2/c1-15(27-20-10-6-16(14-24)7-11-20)23(26)25-19-9-8-18-12-17-4-2-3-5-21(17)22(18)13-19/h2-11,13,15H,12H2,1H3,(H,25,26)/t15-/m0/s1. The van der Waals surface area contributed by atoms with Crippen LogP contribution in [0.4, 0.5) is 5.69 Å². The zero-order valence-electron chi connectivity index (χ0n) is 14.9. The van der Waals surface area contributed by atoms with Gasteiger partial charge in [0.1, 0.15) is 5.75 Å². The van der Waals surface area contributed by atoms with E-state index in [0.29, 0.717) is 11.3 Å². The molecule has 0 saturated heterocycles. The predicted molar refractivity (Wildman–Crippen MR) is 105 cm³/mol. The molecule has 4 nitrogen and oxygen atoms in total. The van der Waals surface area contributed by atoms with Crippen LogP contribution in [0.3, 0.4) is 0 Å². The summed E-state index contributed by atoms with van der Waals surface area (Å²) in [6.45, 7) is 1.70. The van der Waals surface area contributed by atoms with E-state index in [-0.39, 0.29) is 5.91 Å². The van der Waals surface area contributed by atoms with Gasteiger partial charge < -0.3 is 10.1 Å². The van der Waals surface area contributed by atoms with E-state index in [1.807, 2.05) is 18.2 Å². The van der Waals surface area contributed by atoms with Crippen LogP contribution in [0, 0.1) is 11.3 Å². The van der Waals surface area contributed by atoms with E-state index < -0.39 is 6.10 Å².